The zero-order valence-electron chi connectivity index (χ0n) is 14.5. The summed E-state index contributed by atoms with van der Waals surface area (Å²) >= 11 is 5.88. The van der Waals surface area contributed by atoms with Gasteiger partial charge in [-0.2, -0.15) is 0 Å². The van der Waals surface area contributed by atoms with Crippen molar-refractivity contribution < 1.29 is 4.74 Å². The van der Waals surface area contributed by atoms with Gasteiger partial charge in [0.2, 0.25) is 5.88 Å². The molecule has 27 heavy (non-hydrogen) atoms. The van der Waals surface area contributed by atoms with Crippen LogP contribution in [0.25, 0.3) is 10.9 Å². The summed E-state index contributed by atoms with van der Waals surface area (Å²) in [6, 6.07) is 19.0. The van der Waals surface area contributed by atoms with Crippen LogP contribution in [0.3, 0.4) is 0 Å². The van der Waals surface area contributed by atoms with Crippen molar-refractivity contribution in [2.24, 2.45) is 0 Å². The first kappa shape index (κ1) is 17.2. The van der Waals surface area contributed by atoms with Crippen molar-refractivity contribution in [2.45, 2.75) is 6.42 Å². The molecule has 4 aromatic rings. The number of hydrogen-bond acceptors (Lipinski definition) is 5. The van der Waals surface area contributed by atoms with E-state index in [0.29, 0.717) is 16.7 Å². The van der Waals surface area contributed by atoms with E-state index in [1.165, 1.54) is 0 Å². The number of halogens is 1. The Morgan fingerprint density at radius 1 is 0.889 bits per heavy atom. The molecule has 0 bridgehead atoms. The summed E-state index contributed by atoms with van der Waals surface area (Å²) in [4.78, 5) is 13.0. The summed E-state index contributed by atoms with van der Waals surface area (Å²) in [5.74, 6) is 2.10. The molecule has 1 N–H and O–H groups in total. The number of nitrogens with one attached hydrogen (secondary N) is 1. The lowest BCUT2D eigenvalue weighted by Crippen LogP contribution is -2.07. The molecule has 2 heterocycles. The lowest BCUT2D eigenvalue weighted by molar-refractivity contribution is 0.462. The molecule has 0 spiro atoms. The second kappa shape index (κ2) is 8.01. The van der Waals surface area contributed by atoms with E-state index in [1.807, 2.05) is 54.7 Å². The van der Waals surface area contributed by atoms with Gasteiger partial charge in [-0.25, -0.2) is 15.0 Å². The fourth-order valence-corrected chi connectivity index (χ4v) is 2.84. The SMILES string of the molecule is Clc1ccc(Oc2ccc(CCNc3ncnc4ccccc34)cn2)cc1. The van der Waals surface area contributed by atoms with E-state index in [0.717, 1.165) is 35.2 Å². The fourth-order valence-electron chi connectivity index (χ4n) is 2.71. The van der Waals surface area contributed by atoms with Gasteiger partial charge in [0, 0.05) is 29.2 Å². The predicted molar refractivity (Wildman–Crippen MR) is 107 cm³/mol. The minimum Gasteiger partial charge on any atom is -0.439 e. The van der Waals surface area contributed by atoms with Crippen LogP contribution >= 0.6 is 11.6 Å². The van der Waals surface area contributed by atoms with Gasteiger partial charge < -0.3 is 10.1 Å². The average Bonchev–Trinajstić information content (AvgIpc) is 2.71. The first-order valence-electron chi connectivity index (χ1n) is 8.60. The van der Waals surface area contributed by atoms with Crippen LogP contribution in [0.2, 0.25) is 5.02 Å². The highest BCUT2D eigenvalue weighted by molar-refractivity contribution is 6.30. The normalized spacial score (nSPS) is 10.7. The van der Waals surface area contributed by atoms with E-state index in [-0.39, 0.29) is 0 Å². The van der Waals surface area contributed by atoms with Gasteiger partial charge in [-0.15, -0.1) is 0 Å². The zero-order chi connectivity index (χ0) is 18.5. The van der Waals surface area contributed by atoms with Gasteiger partial charge in [-0.05, 0) is 48.4 Å². The third-order valence-corrected chi connectivity index (χ3v) is 4.33. The van der Waals surface area contributed by atoms with Crippen molar-refractivity contribution in [3.63, 3.8) is 0 Å². The molecular formula is C21H17ClN4O. The number of rotatable bonds is 6. The quantitative estimate of drug-likeness (QED) is 0.505. The number of anilines is 1. The molecule has 6 heteroatoms. The third-order valence-electron chi connectivity index (χ3n) is 4.08. The lowest BCUT2D eigenvalue weighted by atomic mass is 10.2. The van der Waals surface area contributed by atoms with E-state index in [2.05, 4.69) is 20.3 Å². The Balaban J connectivity index is 1.35. The largest absolute Gasteiger partial charge is 0.439 e. The van der Waals surface area contributed by atoms with Gasteiger partial charge >= 0.3 is 0 Å². The van der Waals surface area contributed by atoms with E-state index in [9.17, 15) is 0 Å². The highest BCUT2D eigenvalue weighted by atomic mass is 35.5. The molecule has 0 radical (unpaired) electrons. The summed E-state index contributed by atoms with van der Waals surface area (Å²) < 4.78 is 5.71. The smallest absolute Gasteiger partial charge is 0.219 e. The fraction of sp³-hybridized carbons (Fsp3) is 0.0952. The Kier molecular flexibility index (Phi) is 5.12. The molecule has 0 aliphatic heterocycles. The van der Waals surface area contributed by atoms with Crippen molar-refractivity contribution in [2.75, 3.05) is 11.9 Å². The average molecular weight is 377 g/mol. The van der Waals surface area contributed by atoms with Gasteiger partial charge in [-0.3, -0.25) is 0 Å². The number of para-hydroxylation sites is 1. The van der Waals surface area contributed by atoms with E-state index >= 15 is 0 Å². The van der Waals surface area contributed by atoms with Crippen LogP contribution in [-0.4, -0.2) is 21.5 Å². The molecule has 0 unspecified atom stereocenters. The number of pyridine rings is 1. The van der Waals surface area contributed by atoms with Crippen molar-refractivity contribution in [3.8, 4) is 11.6 Å². The number of hydrogen-bond donors (Lipinski definition) is 1. The van der Waals surface area contributed by atoms with Crippen LogP contribution in [0.4, 0.5) is 5.82 Å². The summed E-state index contributed by atoms with van der Waals surface area (Å²) in [5.41, 5.74) is 2.05. The first-order valence-corrected chi connectivity index (χ1v) is 8.98. The number of benzene rings is 2. The van der Waals surface area contributed by atoms with Crippen LogP contribution in [0.1, 0.15) is 5.56 Å². The van der Waals surface area contributed by atoms with E-state index < -0.39 is 0 Å². The van der Waals surface area contributed by atoms with Crippen LogP contribution in [0.15, 0.2) is 73.2 Å². The molecule has 2 aromatic heterocycles. The maximum Gasteiger partial charge on any atom is 0.219 e. The van der Waals surface area contributed by atoms with Crippen LogP contribution in [-0.2, 0) is 6.42 Å². The molecule has 0 fully saturated rings. The van der Waals surface area contributed by atoms with Gasteiger partial charge in [0.05, 0.1) is 5.52 Å². The maximum absolute atomic E-state index is 5.88. The first-order chi connectivity index (χ1) is 13.3. The Morgan fingerprint density at radius 3 is 2.56 bits per heavy atom. The molecule has 0 aliphatic carbocycles. The number of aromatic nitrogens is 3. The number of ether oxygens (including phenoxy) is 1. The van der Waals surface area contributed by atoms with Crippen LogP contribution in [0.5, 0.6) is 11.6 Å². The number of fused-ring (bicyclic) bond motifs is 1. The molecule has 0 aliphatic rings. The topological polar surface area (TPSA) is 59.9 Å². The highest BCUT2D eigenvalue weighted by Crippen LogP contribution is 2.22. The summed E-state index contributed by atoms with van der Waals surface area (Å²) in [6.07, 6.45) is 4.23. The molecule has 0 atom stereocenters. The molecule has 134 valence electrons. The molecule has 4 rings (SSSR count). The Bertz CT molecular complexity index is 1030. The molecule has 2 aromatic carbocycles. The standard InChI is InChI=1S/C21H17ClN4O/c22-16-6-8-17(9-7-16)27-20-10-5-15(13-24-20)11-12-23-21-18-3-1-2-4-19(18)25-14-26-21/h1-10,13-14H,11-12H2,(H,23,25,26). The minimum atomic E-state index is 0.552. The molecular weight excluding hydrogens is 360 g/mol. The minimum absolute atomic E-state index is 0.552. The maximum atomic E-state index is 5.88. The summed E-state index contributed by atoms with van der Waals surface area (Å²) in [6.45, 7) is 0.750. The van der Waals surface area contributed by atoms with Crippen molar-refractivity contribution in [3.05, 3.63) is 83.8 Å². The molecule has 5 nitrogen and oxygen atoms in total. The predicted octanol–water partition coefficient (Wildman–Crippen LogP) is 5.13. The Labute approximate surface area is 162 Å². The monoisotopic (exact) mass is 376 g/mol. The second-order valence-electron chi connectivity index (χ2n) is 5.98. The van der Waals surface area contributed by atoms with Gasteiger partial charge in [0.1, 0.15) is 17.9 Å². The highest BCUT2D eigenvalue weighted by Gasteiger charge is 2.03. The van der Waals surface area contributed by atoms with E-state index in [1.54, 1.807) is 18.5 Å². The summed E-state index contributed by atoms with van der Waals surface area (Å²) in [7, 11) is 0. The Morgan fingerprint density at radius 2 is 1.74 bits per heavy atom. The zero-order valence-corrected chi connectivity index (χ0v) is 15.2. The van der Waals surface area contributed by atoms with Gasteiger partial charge in [0.25, 0.3) is 0 Å². The van der Waals surface area contributed by atoms with Crippen molar-refractivity contribution >= 4 is 28.3 Å². The third kappa shape index (κ3) is 4.33. The van der Waals surface area contributed by atoms with Gasteiger partial charge in [0.15, 0.2) is 0 Å². The molecule has 0 saturated heterocycles. The summed E-state index contributed by atoms with van der Waals surface area (Å²) in [5, 5.41) is 5.07. The van der Waals surface area contributed by atoms with E-state index in [4.69, 9.17) is 16.3 Å². The lowest BCUT2D eigenvalue weighted by Gasteiger charge is -2.09. The number of nitrogens with zero attached hydrogens (tertiary/aromatic N) is 3. The Hall–Kier alpha value is -3.18. The van der Waals surface area contributed by atoms with Crippen LogP contribution in [0, 0.1) is 0 Å². The van der Waals surface area contributed by atoms with Crippen LogP contribution < -0.4 is 10.1 Å². The molecule has 0 amide bonds. The second-order valence-corrected chi connectivity index (χ2v) is 6.41. The molecule has 0 saturated carbocycles. The van der Waals surface area contributed by atoms with Crippen molar-refractivity contribution in [1.82, 2.24) is 15.0 Å². The van der Waals surface area contributed by atoms with Crippen molar-refractivity contribution in [1.29, 1.82) is 0 Å². The van der Waals surface area contributed by atoms with Gasteiger partial charge in [-0.1, -0.05) is 29.8 Å².